The SMILES string of the molecule is O=C(N1CCN(Cc2ccc(F)cc2)CC1)n1nnc2ccccc21. The topological polar surface area (TPSA) is 54.3 Å². The Morgan fingerprint density at radius 1 is 1.00 bits per heavy atom. The van der Waals surface area contributed by atoms with Crippen molar-refractivity contribution in [3.05, 3.63) is 59.9 Å². The number of carbonyl (C=O) groups is 1. The predicted octanol–water partition coefficient (Wildman–Crippen LogP) is 2.36. The molecule has 0 unspecified atom stereocenters. The van der Waals surface area contributed by atoms with Crippen LogP contribution < -0.4 is 0 Å². The first-order valence-electron chi connectivity index (χ1n) is 8.27. The van der Waals surface area contributed by atoms with Gasteiger partial charge in [0, 0.05) is 32.7 Å². The molecule has 1 saturated heterocycles. The third-order valence-electron chi connectivity index (χ3n) is 4.50. The minimum absolute atomic E-state index is 0.143. The van der Waals surface area contributed by atoms with Gasteiger partial charge < -0.3 is 4.90 Å². The Bertz CT molecular complexity index is 884. The molecule has 6 nitrogen and oxygen atoms in total. The molecular formula is C18H18FN5O. The highest BCUT2D eigenvalue weighted by Gasteiger charge is 2.24. The van der Waals surface area contributed by atoms with Gasteiger partial charge in [-0.2, -0.15) is 4.68 Å². The molecule has 1 fully saturated rings. The lowest BCUT2D eigenvalue weighted by Gasteiger charge is -2.34. The summed E-state index contributed by atoms with van der Waals surface area (Å²) in [5.74, 6) is -0.223. The zero-order valence-corrected chi connectivity index (χ0v) is 13.7. The van der Waals surface area contributed by atoms with Gasteiger partial charge in [0.2, 0.25) is 0 Å². The van der Waals surface area contributed by atoms with Gasteiger partial charge in [-0.25, -0.2) is 9.18 Å². The zero-order valence-electron chi connectivity index (χ0n) is 13.7. The summed E-state index contributed by atoms with van der Waals surface area (Å²) in [5, 5.41) is 8.03. The van der Waals surface area contributed by atoms with Gasteiger partial charge in [-0.05, 0) is 29.8 Å². The molecule has 0 N–H and O–H groups in total. The number of benzene rings is 2. The van der Waals surface area contributed by atoms with E-state index in [2.05, 4.69) is 15.2 Å². The first kappa shape index (κ1) is 15.7. The summed E-state index contributed by atoms with van der Waals surface area (Å²) in [5.41, 5.74) is 2.51. The maximum atomic E-state index is 13.0. The molecule has 7 heteroatoms. The molecule has 4 rings (SSSR count). The molecular weight excluding hydrogens is 321 g/mol. The average molecular weight is 339 g/mol. The smallest absolute Gasteiger partial charge is 0.320 e. The number of nitrogens with zero attached hydrogens (tertiary/aromatic N) is 5. The fourth-order valence-electron chi connectivity index (χ4n) is 3.09. The molecule has 0 aliphatic carbocycles. The molecule has 3 aromatic rings. The van der Waals surface area contributed by atoms with Crippen LogP contribution in [0.3, 0.4) is 0 Å². The van der Waals surface area contributed by atoms with Crippen molar-refractivity contribution in [3.8, 4) is 0 Å². The third-order valence-corrected chi connectivity index (χ3v) is 4.50. The van der Waals surface area contributed by atoms with Gasteiger partial charge >= 0.3 is 6.03 Å². The van der Waals surface area contributed by atoms with Gasteiger partial charge in [0.05, 0.1) is 5.52 Å². The van der Waals surface area contributed by atoms with Crippen molar-refractivity contribution < 1.29 is 9.18 Å². The normalized spacial score (nSPS) is 15.6. The highest BCUT2D eigenvalue weighted by molar-refractivity contribution is 5.87. The number of amides is 1. The van der Waals surface area contributed by atoms with Crippen molar-refractivity contribution in [2.24, 2.45) is 0 Å². The average Bonchev–Trinajstić information content (AvgIpc) is 3.08. The van der Waals surface area contributed by atoms with E-state index in [0.29, 0.717) is 18.6 Å². The first-order valence-corrected chi connectivity index (χ1v) is 8.27. The second kappa shape index (κ2) is 6.60. The van der Waals surface area contributed by atoms with E-state index >= 15 is 0 Å². The number of hydrogen-bond acceptors (Lipinski definition) is 4. The maximum Gasteiger partial charge on any atom is 0.346 e. The maximum absolute atomic E-state index is 13.0. The van der Waals surface area contributed by atoms with Crippen LogP contribution in [0.15, 0.2) is 48.5 Å². The summed E-state index contributed by atoms with van der Waals surface area (Å²) in [4.78, 5) is 16.8. The Morgan fingerprint density at radius 2 is 1.72 bits per heavy atom. The monoisotopic (exact) mass is 339 g/mol. The summed E-state index contributed by atoms with van der Waals surface area (Å²) in [7, 11) is 0. The molecule has 2 aromatic carbocycles. The summed E-state index contributed by atoms with van der Waals surface area (Å²) >= 11 is 0. The van der Waals surface area contributed by atoms with Crippen molar-refractivity contribution in [3.63, 3.8) is 0 Å². The quantitative estimate of drug-likeness (QED) is 0.719. The summed E-state index contributed by atoms with van der Waals surface area (Å²) in [6.07, 6.45) is 0. The Hall–Kier alpha value is -2.80. The van der Waals surface area contributed by atoms with E-state index in [1.165, 1.54) is 16.8 Å². The van der Waals surface area contributed by atoms with Crippen LogP contribution in [0, 0.1) is 5.82 Å². The Balaban J connectivity index is 1.39. The third kappa shape index (κ3) is 3.23. The van der Waals surface area contributed by atoms with E-state index in [4.69, 9.17) is 0 Å². The van der Waals surface area contributed by atoms with Gasteiger partial charge in [-0.1, -0.05) is 29.5 Å². The van der Waals surface area contributed by atoms with Crippen LogP contribution in [0.2, 0.25) is 0 Å². The molecule has 0 bridgehead atoms. The van der Waals surface area contributed by atoms with E-state index in [1.807, 2.05) is 24.3 Å². The van der Waals surface area contributed by atoms with Crippen LogP contribution in [0.1, 0.15) is 5.56 Å². The summed E-state index contributed by atoms with van der Waals surface area (Å²) < 4.78 is 14.3. The van der Waals surface area contributed by atoms with Crippen LogP contribution in [-0.4, -0.2) is 57.0 Å². The van der Waals surface area contributed by atoms with E-state index in [9.17, 15) is 9.18 Å². The van der Waals surface area contributed by atoms with Gasteiger partial charge in [0.1, 0.15) is 11.3 Å². The van der Waals surface area contributed by atoms with E-state index in [-0.39, 0.29) is 11.8 Å². The van der Waals surface area contributed by atoms with Gasteiger partial charge in [0.25, 0.3) is 0 Å². The molecule has 0 radical (unpaired) electrons. The minimum Gasteiger partial charge on any atom is -0.320 e. The van der Waals surface area contributed by atoms with Crippen molar-refractivity contribution in [1.29, 1.82) is 0 Å². The number of rotatable bonds is 2. The molecule has 1 aliphatic rings. The standard InChI is InChI=1S/C18H18FN5O/c19-15-7-5-14(6-8-15)13-22-9-11-23(12-10-22)18(25)24-17-4-2-1-3-16(17)20-21-24/h1-8H,9-13H2. The number of hydrogen-bond donors (Lipinski definition) is 0. The van der Waals surface area contributed by atoms with Crippen LogP contribution in [-0.2, 0) is 6.54 Å². The Kier molecular flexibility index (Phi) is 4.15. The lowest BCUT2D eigenvalue weighted by Crippen LogP contribution is -2.49. The van der Waals surface area contributed by atoms with Gasteiger partial charge in [-0.3, -0.25) is 4.90 Å². The first-order chi connectivity index (χ1) is 12.2. The van der Waals surface area contributed by atoms with Crippen LogP contribution in [0.5, 0.6) is 0 Å². The number of carbonyl (C=O) groups excluding carboxylic acids is 1. The molecule has 1 amide bonds. The number of para-hydroxylation sites is 1. The summed E-state index contributed by atoms with van der Waals surface area (Å²) in [6.45, 7) is 3.57. The molecule has 1 aliphatic heterocycles. The highest BCUT2D eigenvalue weighted by atomic mass is 19.1. The van der Waals surface area contributed by atoms with Crippen LogP contribution >= 0.6 is 0 Å². The zero-order chi connectivity index (χ0) is 17.2. The van der Waals surface area contributed by atoms with Gasteiger partial charge in [0.15, 0.2) is 0 Å². The fraction of sp³-hybridized carbons (Fsp3) is 0.278. The number of fused-ring (bicyclic) bond motifs is 1. The molecule has 128 valence electrons. The molecule has 0 atom stereocenters. The highest BCUT2D eigenvalue weighted by Crippen LogP contribution is 2.13. The number of halogens is 1. The lowest BCUT2D eigenvalue weighted by atomic mass is 10.2. The Labute approximate surface area is 144 Å². The van der Waals surface area contributed by atoms with Crippen molar-refractivity contribution in [2.75, 3.05) is 26.2 Å². The van der Waals surface area contributed by atoms with Gasteiger partial charge in [-0.15, -0.1) is 5.10 Å². The molecule has 25 heavy (non-hydrogen) atoms. The number of piperazine rings is 1. The fourth-order valence-corrected chi connectivity index (χ4v) is 3.09. The molecule has 0 saturated carbocycles. The molecule has 1 aromatic heterocycles. The lowest BCUT2D eigenvalue weighted by molar-refractivity contribution is 0.134. The van der Waals surface area contributed by atoms with Crippen LogP contribution in [0.4, 0.5) is 9.18 Å². The second-order valence-corrected chi connectivity index (χ2v) is 6.16. The van der Waals surface area contributed by atoms with Crippen molar-refractivity contribution in [1.82, 2.24) is 24.8 Å². The molecule has 0 spiro atoms. The second-order valence-electron chi connectivity index (χ2n) is 6.16. The van der Waals surface area contributed by atoms with Crippen molar-refractivity contribution in [2.45, 2.75) is 6.54 Å². The van der Waals surface area contributed by atoms with E-state index < -0.39 is 0 Å². The van der Waals surface area contributed by atoms with Crippen LogP contribution in [0.25, 0.3) is 11.0 Å². The summed E-state index contributed by atoms with van der Waals surface area (Å²) in [6, 6.07) is 13.8. The molecule has 2 heterocycles. The van der Waals surface area contributed by atoms with Crippen molar-refractivity contribution >= 4 is 17.1 Å². The predicted molar refractivity (Wildman–Crippen MR) is 91.6 cm³/mol. The largest absolute Gasteiger partial charge is 0.346 e. The minimum atomic E-state index is -0.223. The number of aromatic nitrogens is 3. The Morgan fingerprint density at radius 3 is 2.48 bits per heavy atom. The van der Waals surface area contributed by atoms with E-state index in [0.717, 1.165) is 30.7 Å². The van der Waals surface area contributed by atoms with E-state index in [1.54, 1.807) is 17.0 Å².